The lowest BCUT2D eigenvalue weighted by Crippen LogP contribution is -2.06. The van der Waals surface area contributed by atoms with Crippen LogP contribution < -0.4 is 5.32 Å². The zero-order chi connectivity index (χ0) is 14.8. The van der Waals surface area contributed by atoms with Crippen LogP contribution in [0.15, 0.2) is 42.6 Å². The number of anilines is 1. The minimum absolute atomic E-state index is 0.134. The van der Waals surface area contributed by atoms with Gasteiger partial charge in [-0.1, -0.05) is 18.2 Å². The summed E-state index contributed by atoms with van der Waals surface area (Å²) >= 11 is 0. The molecule has 3 nitrogen and oxygen atoms in total. The molecule has 0 radical (unpaired) electrons. The maximum atomic E-state index is 13.9. The third-order valence-electron chi connectivity index (χ3n) is 3.23. The molecule has 0 saturated carbocycles. The highest BCUT2D eigenvalue weighted by molar-refractivity contribution is 5.73. The summed E-state index contributed by atoms with van der Waals surface area (Å²) in [6.07, 6.45) is 1.60. The second kappa shape index (κ2) is 5.44. The van der Waals surface area contributed by atoms with Crippen molar-refractivity contribution in [3.05, 3.63) is 65.5 Å². The van der Waals surface area contributed by atoms with Crippen molar-refractivity contribution in [1.82, 2.24) is 9.97 Å². The summed E-state index contributed by atoms with van der Waals surface area (Å²) in [6, 6.07) is 10.1. The molecule has 0 aliphatic heterocycles. The lowest BCUT2D eigenvalue weighted by Gasteiger charge is -2.10. The number of nitrogens with one attached hydrogen (secondary N) is 1. The van der Waals surface area contributed by atoms with Crippen molar-refractivity contribution in [1.29, 1.82) is 0 Å². The quantitative estimate of drug-likeness (QED) is 0.794. The van der Waals surface area contributed by atoms with Crippen molar-refractivity contribution in [3.63, 3.8) is 0 Å². The largest absolute Gasteiger partial charge is 0.375 e. The van der Waals surface area contributed by atoms with Gasteiger partial charge in [-0.2, -0.15) is 0 Å². The molecule has 1 aromatic heterocycles. The molecule has 1 N–H and O–H groups in total. The fourth-order valence-corrected chi connectivity index (χ4v) is 2.08. The Morgan fingerprint density at radius 1 is 1.05 bits per heavy atom. The van der Waals surface area contributed by atoms with E-state index in [1.165, 1.54) is 12.1 Å². The number of para-hydroxylation sites is 2. The zero-order valence-corrected chi connectivity index (χ0v) is 11.4. The van der Waals surface area contributed by atoms with E-state index in [9.17, 15) is 8.78 Å². The van der Waals surface area contributed by atoms with E-state index in [1.54, 1.807) is 13.1 Å². The fourth-order valence-electron chi connectivity index (χ4n) is 2.08. The minimum Gasteiger partial charge on any atom is -0.375 e. The number of hydrogen-bond donors (Lipinski definition) is 1. The van der Waals surface area contributed by atoms with Crippen LogP contribution in [0.4, 0.5) is 14.5 Å². The van der Waals surface area contributed by atoms with Crippen molar-refractivity contribution in [2.75, 3.05) is 5.32 Å². The maximum Gasteiger partial charge on any atom is 0.152 e. The van der Waals surface area contributed by atoms with Gasteiger partial charge in [0, 0.05) is 0 Å². The first-order chi connectivity index (χ1) is 10.1. The van der Waals surface area contributed by atoms with Crippen molar-refractivity contribution in [2.45, 2.75) is 13.5 Å². The van der Waals surface area contributed by atoms with Crippen LogP contribution in [0, 0.1) is 18.6 Å². The Kier molecular flexibility index (Phi) is 3.48. The van der Waals surface area contributed by atoms with Crippen molar-refractivity contribution < 1.29 is 8.78 Å². The smallest absolute Gasteiger partial charge is 0.152 e. The summed E-state index contributed by atoms with van der Waals surface area (Å²) in [5.41, 5.74) is 2.42. The number of aryl methyl sites for hydroxylation is 1. The number of hydrogen-bond acceptors (Lipinski definition) is 3. The van der Waals surface area contributed by atoms with Crippen LogP contribution in [0.5, 0.6) is 0 Å². The molecule has 0 bridgehead atoms. The van der Waals surface area contributed by atoms with E-state index in [-0.39, 0.29) is 12.2 Å². The number of benzene rings is 2. The highest BCUT2D eigenvalue weighted by Crippen LogP contribution is 2.22. The molecule has 21 heavy (non-hydrogen) atoms. The van der Waals surface area contributed by atoms with Crippen molar-refractivity contribution in [2.24, 2.45) is 0 Å². The first kappa shape index (κ1) is 13.4. The van der Waals surface area contributed by atoms with Crippen LogP contribution >= 0.6 is 0 Å². The lowest BCUT2D eigenvalue weighted by atomic mass is 10.2. The Balaban J connectivity index is 1.85. The molecule has 5 heteroatoms. The van der Waals surface area contributed by atoms with Gasteiger partial charge in [0.05, 0.1) is 29.5 Å². The average molecular weight is 285 g/mol. The van der Waals surface area contributed by atoms with Crippen LogP contribution in [-0.4, -0.2) is 9.97 Å². The van der Waals surface area contributed by atoms with E-state index in [2.05, 4.69) is 15.3 Å². The van der Waals surface area contributed by atoms with E-state index in [0.29, 0.717) is 11.3 Å². The van der Waals surface area contributed by atoms with Gasteiger partial charge in [-0.25, -0.2) is 13.8 Å². The Labute approximate surface area is 120 Å². The topological polar surface area (TPSA) is 37.8 Å². The molecule has 0 fully saturated rings. The van der Waals surface area contributed by atoms with Crippen LogP contribution in [0.25, 0.3) is 11.0 Å². The predicted octanol–water partition coefficient (Wildman–Crippen LogP) is 3.83. The van der Waals surface area contributed by atoms with Crippen LogP contribution in [0.1, 0.15) is 11.3 Å². The highest BCUT2D eigenvalue weighted by Gasteiger charge is 2.11. The minimum atomic E-state index is -0.619. The van der Waals surface area contributed by atoms with Gasteiger partial charge in [0.1, 0.15) is 11.5 Å². The van der Waals surface area contributed by atoms with E-state index >= 15 is 0 Å². The monoisotopic (exact) mass is 285 g/mol. The molecule has 0 unspecified atom stereocenters. The number of rotatable bonds is 3. The second-order valence-electron chi connectivity index (χ2n) is 4.76. The van der Waals surface area contributed by atoms with Crippen LogP contribution in [0.2, 0.25) is 0 Å². The van der Waals surface area contributed by atoms with Gasteiger partial charge in [-0.3, -0.25) is 4.98 Å². The molecular weight excluding hydrogens is 272 g/mol. The summed E-state index contributed by atoms with van der Waals surface area (Å²) < 4.78 is 27.5. The van der Waals surface area contributed by atoms with Gasteiger partial charge in [0.15, 0.2) is 5.82 Å². The molecule has 3 rings (SSSR count). The summed E-state index contributed by atoms with van der Waals surface area (Å²) in [5, 5.41) is 2.75. The van der Waals surface area contributed by atoms with Gasteiger partial charge in [-0.05, 0) is 30.7 Å². The molecule has 2 aromatic carbocycles. The number of aromatic nitrogens is 2. The first-order valence-corrected chi connectivity index (χ1v) is 6.54. The summed E-state index contributed by atoms with van der Waals surface area (Å²) in [4.78, 5) is 8.67. The Bertz CT molecular complexity index is 803. The van der Waals surface area contributed by atoms with E-state index in [4.69, 9.17) is 0 Å². The fraction of sp³-hybridized carbons (Fsp3) is 0.125. The molecule has 106 valence electrons. The highest BCUT2D eigenvalue weighted by atomic mass is 19.1. The normalized spacial score (nSPS) is 10.8. The third kappa shape index (κ3) is 2.67. The number of nitrogens with zero attached hydrogens (tertiary/aromatic N) is 2. The second-order valence-corrected chi connectivity index (χ2v) is 4.76. The van der Waals surface area contributed by atoms with Gasteiger partial charge < -0.3 is 5.32 Å². The zero-order valence-electron chi connectivity index (χ0n) is 11.4. The van der Waals surface area contributed by atoms with E-state index < -0.39 is 11.6 Å². The average Bonchev–Trinajstić information content (AvgIpc) is 2.51. The standard InChI is InChI=1S/C16H13F2N3/c1-10-6-7-12(17)16(15(10)18)20-9-11-8-19-13-4-2-3-5-14(13)21-11/h2-8,20H,9H2,1H3. The Morgan fingerprint density at radius 3 is 2.62 bits per heavy atom. The molecular formula is C16H13F2N3. The molecule has 3 aromatic rings. The number of fused-ring (bicyclic) bond motifs is 1. The van der Waals surface area contributed by atoms with Gasteiger partial charge in [-0.15, -0.1) is 0 Å². The van der Waals surface area contributed by atoms with Gasteiger partial charge >= 0.3 is 0 Å². The van der Waals surface area contributed by atoms with Crippen molar-refractivity contribution in [3.8, 4) is 0 Å². The summed E-state index contributed by atoms with van der Waals surface area (Å²) in [6.45, 7) is 1.80. The molecule has 0 atom stereocenters. The van der Waals surface area contributed by atoms with E-state index in [0.717, 1.165) is 11.0 Å². The van der Waals surface area contributed by atoms with Crippen LogP contribution in [0.3, 0.4) is 0 Å². The number of halogens is 2. The molecule has 0 saturated heterocycles. The Morgan fingerprint density at radius 2 is 1.81 bits per heavy atom. The SMILES string of the molecule is Cc1ccc(F)c(NCc2cnc3ccccc3n2)c1F. The van der Waals surface area contributed by atoms with Crippen molar-refractivity contribution >= 4 is 16.7 Å². The maximum absolute atomic E-state index is 13.9. The first-order valence-electron chi connectivity index (χ1n) is 6.54. The molecule has 0 amide bonds. The third-order valence-corrected chi connectivity index (χ3v) is 3.23. The summed E-state index contributed by atoms with van der Waals surface area (Å²) in [5.74, 6) is -1.20. The van der Waals surface area contributed by atoms with Gasteiger partial charge in [0.2, 0.25) is 0 Å². The van der Waals surface area contributed by atoms with Crippen LogP contribution in [-0.2, 0) is 6.54 Å². The summed E-state index contributed by atoms with van der Waals surface area (Å²) in [7, 11) is 0. The molecule has 0 aliphatic carbocycles. The molecule has 0 spiro atoms. The molecule has 0 aliphatic rings. The van der Waals surface area contributed by atoms with Gasteiger partial charge in [0.25, 0.3) is 0 Å². The lowest BCUT2D eigenvalue weighted by molar-refractivity contribution is 0.582. The van der Waals surface area contributed by atoms with E-state index in [1.807, 2.05) is 24.3 Å². The Hall–Kier alpha value is -2.56. The molecule has 1 heterocycles. The predicted molar refractivity (Wildman–Crippen MR) is 78.0 cm³/mol.